The molecule has 0 saturated carbocycles. The first-order valence-electron chi connectivity index (χ1n) is 4.87. The number of nitrogen functional groups attached to an aromatic ring is 1. The Hall–Kier alpha value is -1.71. The fraction of sp³-hybridized carbons (Fsp3) is 0.364. The Morgan fingerprint density at radius 1 is 1.53 bits per heavy atom. The van der Waals surface area contributed by atoms with Crippen molar-refractivity contribution in [2.24, 2.45) is 0 Å². The van der Waals surface area contributed by atoms with Crippen molar-refractivity contribution in [3.05, 3.63) is 23.8 Å². The minimum absolute atomic E-state index is 0.0638. The summed E-state index contributed by atoms with van der Waals surface area (Å²) in [6.07, 6.45) is 0.464. The average Bonchev–Trinajstić information content (AvgIpc) is 2.17. The quantitative estimate of drug-likeness (QED) is 0.724. The van der Waals surface area contributed by atoms with Crippen LogP contribution in [0.2, 0.25) is 0 Å². The lowest BCUT2D eigenvalue weighted by molar-refractivity contribution is -0.136. The van der Waals surface area contributed by atoms with Crippen molar-refractivity contribution in [3.8, 4) is 5.75 Å². The van der Waals surface area contributed by atoms with Crippen LogP contribution in [0.3, 0.4) is 0 Å². The van der Waals surface area contributed by atoms with Crippen LogP contribution < -0.4 is 10.5 Å². The van der Waals surface area contributed by atoms with Crippen molar-refractivity contribution in [2.45, 2.75) is 19.8 Å². The normalized spacial score (nSPS) is 9.93. The zero-order valence-electron chi connectivity index (χ0n) is 8.69. The molecule has 1 aromatic carbocycles. The van der Waals surface area contributed by atoms with Crippen LogP contribution in [0.1, 0.15) is 18.9 Å². The predicted molar refractivity (Wildman–Crippen MR) is 58.0 cm³/mol. The lowest BCUT2D eigenvalue weighted by atomic mass is 10.1. The first-order chi connectivity index (χ1) is 7.15. The summed E-state index contributed by atoms with van der Waals surface area (Å²) in [6.45, 7) is 2.42. The molecule has 0 saturated heterocycles. The minimum atomic E-state index is -0.833. The molecule has 0 heterocycles. The summed E-state index contributed by atoms with van der Waals surface area (Å²) in [4.78, 5) is 10.5. The second-order valence-corrected chi connectivity index (χ2v) is 3.15. The zero-order chi connectivity index (χ0) is 11.3. The maximum atomic E-state index is 10.5. The van der Waals surface area contributed by atoms with E-state index in [2.05, 4.69) is 0 Å². The third-order valence-corrected chi connectivity index (χ3v) is 2.06. The lowest BCUT2D eigenvalue weighted by Gasteiger charge is -2.11. The van der Waals surface area contributed by atoms with Crippen molar-refractivity contribution in [3.63, 3.8) is 0 Å². The first-order valence-corrected chi connectivity index (χ1v) is 4.87. The van der Waals surface area contributed by atoms with Crippen LogP contribution in [0.4, 0.5) is 5.69 Å². The Morgan fingerprint density at radius 2 is 2.27 bits per heavy atom. The van der Waals surface area contributed by atoms with Gasteiger partial charge in [-0.2, -0.15) is 0 Å². The van der Waals surface area contributed by atoms with Gasteiger partial charge in [0.1, 0.15) is 5.75 Å². The molecular weight excluding hydrogens is 194 g/mol. The highest BCUT2D eigenvalue weighted by molar-refractivity contribution is 5.68. The van der Waals surface area contributed by atoms with Crippen molar-refractivity contribution < 1.29 is 14.6 Å². The van der Waals surface area contributed by atoms with E-state index in [1.807, 2.05) is 6.92 Å². The number of rotatable bonds is 5. The maximum absolute atomic E-state index is 10.5. The Kier molecular flexibility index (Phi) is 3.97. The Labute approximate surface area is 88.7 Å². The molecule has 0 amide bonds. The third-order valence-electron chi connectivity index (χ3n) is 2.06. The molecular formula is C11H15NO3. The molecule has 0 aliphatic carbocycles. The summed E-state index contributed by atoms with van der Waals surface area (Å²) < 4.78 is 5.38. The molecule has 1 rings (SSSR count). The van der Waals surface area contributed by atoms with Crippen molar-refractivity contribution in [1.82, 2.24) is 0 Å². The van der Waals surface area contributed by atoms with Gasteiger partial charge in [-0.1, -0.05) is 6.07 Å². The number of anilines is 1. The van der Waals surface area contributed by atoms with Crippen LogP contribution in [0.25, 0.3) is 0 Å². The molecule has 0 aromatic heterocycles. The van der Waals surface area contributed by atoms with Gasteiger partial charge in [-0.25, -0.2) is 0 Å². The number of aliphatic carboxylic acids is 1. The summed E-state index contributed by atoms with van der Waals surface area (Å²) in [5.74, 6) is -0.153. The van der Waals surface area contributed by atoms with E-state index in [0.29, 0.717) is 24.5 Å². The number of carboxylic acid groups (broad SMARTS) is 1. The topological polar surface area (TPSA) is 72.5 Å². The average molecular weight is 209 g/mol. The number of hydrogen-bond acceptors (Lipinski definition) is 3. The van der Waals surface area contributed by atoms with E-state index in [1.165, 1.54) is 0 Å². The molecule has 0 spiro atoms. The first kappa shape index (κ1) is 11.4. The number of carboxylic acids is 1. The molecule has 1 aromatic rings. The molecule has 15 heavy (non-hydrogen) atoms. The monoisotopic (exact) mass is 209 g/mol. The van der Waals surface area contributed by atoms with Crippen molar-refractivity contribution >= 4 is 11.7 Å². The number of ether oxygens (including phenoxy) is 1. The molecule has 4 heteroatoms. The van der Waals surface area contributed by atoms with Gasteiger partial charge in [0, 0.05) is 17.7 Å². The second kappa shape index (κ2) is 5.24. The van der Waals surface area contributed by atoms with Crippen LogP contribution in [-0.2, 0) is 11.2 Å². The van der Waals surface area contributed by atoms with E-state index >= 15 is 0 Å². The highest BCUT2D eigenvalue weighted by Gasteiger charge is 2.08. The largest absolute Gasteiger partial charge is 0.494 e. The summed E-state index contributed by atoms with van der Waals surface area (Å²) in [6, 6.07) is 5.35. The third kappa shape index (κ3) is 3.16. The smallest absolute Gasteiger partial charge is 0.303 e. The number of hydrogen-bond donors (Lipinski definition) is 2. The predicted octanol–water partition coefficient (Wildman–Crippen LogP) is 1.68. The van der Waals surface area contributed by atoms with Crippen molar-refractivity contribution in [2.75, 3.05) is 12.3 Å². The molecule has 82 valence electrons. The van der Waals surface area contributed by atoms with Crippen LogP contribution >= 0.6 is 0 Å². The summed E-state index contributed by atoms with van der Waals surface area (Å²) in [5, 5.41) is 8.60. The van der Waals surface area contributed by atoms with Crippen LogP contribution in [0, 0.1) is 0 Å². The second-order valence-electron chi connectivity index (χ2n) is 3.15. The molecule has 0 unspecified atom stereocenters. The van der Waals surface area contributed by atoms with E-state index < -0.39 is 5.97 Å². The highest BCUT2D eigenvalue weighted by Crippen LogP contribution is 2.25. The van der Waals surface area contributed by atoms with E-state index in [9.17, 15) is 4.79 Å². The molecule has 3 N–H and O–H groups in total. The van der Waals surface area contributed by atoms with Gasteiger partial charge in [-0.05, 0) is 25.5 Å². The number of benzene rings is 1. The SMILES string of the molecule is CCOc1cccc(N)c1CCC(=O)O. The van der Waals surface area contributed by atoms with E-state index in [4.69, 9.17) is 15.6 Å². The van der Waals surface area contributed by atoms with Gasteiger partial charge in [-0.3, -0.25) is 4.79 Å². The molecule has 0 atom stereocenters. The summed E-state index contributed by atoms with van der Waals surface area (Å²) in [7, 11) is 0. The van der Waals surface area contributed by atoms with Gasteiger partial charge in [-0.15, -0.1) is 0 Å². The summed E-state index contributed by atoms with van der Waals surface area (Å²) >= 11 is 0. The molecule has 4 nitrogen and oxygen atoms in total. The van der Waals surface area contributed by atoms with E-state index in [-0.39, 0.29) is 6.42 Å². The van der Waals surface area contributed by atoms with Gasteiger partial charge in [0.25, 0.3) is 0 Å². The van der Waals surface area contributed by atoms with Crippen molar-refractivity contribution in [1.29, 1.82) is 0 Å². The van der Waals surface area contributed by atoms with Crippen LogP contribution in [0.15, 0.2) is 18.2 Å². The van der Waals surface area contributed by atoms with Gasteiger partial charge >= 0.3 is 5.97 Å². The summed E-state index contributed by atoms with van der Waals surface area (Å²) in [5.41, 5.74) is 7.13. The fourth-order valence-corrected chi connectivity index (χ4v) is 1.37. The Balaban J connectivity index is 2.86. The minimum Gasteiger partial charge on any atom is -0.494 e. The molecule has 0 fully saturated rings. The number of nitrogens with two attached hydrogens (primary N) is 1. The van der Waals surface area contributed by atoms with Gasteiger partial charge in [0.05, 0.1) is 6.61 Å². The molecule has 0 aliphatic heterocycles. The molecule has 0 bridgehead atoms. The van der Waals surface area contributed by atoms with Gasteiger partial charge in [0.2, 0.25) is 0 Å². The maximum Gasteiger partial charge on any atom is 0.303 e. The van der Waals surface area contributed by atoms with Gasteiger partial charge in [0.15, 0.2) is 0 Å². The fourth-order valence-electron chi connectivity index (χ4n) is 1.37. The molecule has 0 radical (unpaired) electrons. The zero-order valence-corrected chi connectivity index (χ0v) is 8.69. The van der Waals surface area contributed by atoms with Crippen LogP contribution in [0.5, 0.6) is 5.75 Å². The van der Waals surface area contributed by atoms with E-state index in [0.717, 1.165) is 5.56 Å². The number of carbonyl (C=O) groups is 1. The Bertz CT molecular complexity index is 350. The standard InChI is InChI=1S/C11H15NO3/c1-2-15-10-5-3-4-9(12)8(10)6-7-11(13)14/h3-5H,2,6-7,12H2,1H3,(H,13,14). The van der Waals surface area contributed by atoms with E-state index in [1.54, 1.807) is 18.2 Å². The highest BCUT2D eigenvalue weighted by atomic mass is 16.5. The van der Waals surface area contributed by atoms with Crippen LogP contribution in [-0.4, -0.2) is 17.7 Å². The van der Waals surface area contributed by atoms with Gasteiger partial charge < -0.3 is 15.6 Å². The molecule has 0 aliphatic rings. The Morgan fingerprint density at radius 3 is 2.87 bits per heavy atom. The lowest BCUT2D eigenvalue weighted by Crippen LogP contribution is -2.04.